The van der Waals surface area contributed by atoms with Gasteiger partial charge in [0.25, 0.3) is 5.91 Å². The van der Waals surface area contributed by atoms with Crippen molar-refractivity contribution >= 4 is 23.6 Å². The minimum absolute atomic E-state index is 0.164. The summed E-state index contributed by atoms with van der Waals surface area (Å²) in [6.07, 6.45) is 2.51. The van der Waals surface area contributed by atoms with Gasteiger partial charge in [0, 0.05) is 17.9 Å². The molecule has 0 saturated carbocycles. The Labute approximate surface area is 117 Å². The maximum Gasteiger partial charge on any atom is 0.308 e. The Morgan fingerprint density at radius 3 is 2.74 bits per heavy atom. The number of thioether (sulfide) groups is 1. The second-order valence-electron chi connectivity index (χ2n) is 4.29. The number of hydrogen-bond donors (Lipinski definition) is 2. The summed E-state index contributed by atoms with van der Waals surface area (Å²) in [7, 11) is 0. The van der Waals surface area contributed by atoms with Crippen LogP contribution in [0.25, 0.3) is 0 Å². The molecule has 1 amide bonds. The normalized spacial score (nSPS) is 11.9. The van der Waals surface area contributed by atoms with Crippen LogP contribution in [-0.4, -0.2) is 29.8 Å². The molecule has 0 aliphatic rings. The van der Waals surface area contributed by atoms with Crippen LogP contribution >= 0.6 is 11.8 Å². The topological polar surface area (TPSA) is 66.4 Å². The van der Waals surface area contributed by atoms with E-state index in [0.717, 1.165) is 11.3 Å². The van der Waals surface area contributed by atoms with E-state index < -0.39 is 11.9 Å². The molecule has 1 rings (SSSR count). The zero-order chi connectivity index (χ0) is 14.3. The first-order chi connectivity index (χ1) is 9.08. The number of aliphatic carboxylic acids is 1. The highest BCUT2D eigenvalue weighted by Crippen LogP contribution is 2.11. The molecule has 1 unspecified atom stereocenters. The highest BCUT2D eigenvalue weighted by molar-refractivity contribution is 7.97. The molecular formula is C14H19NO3S. The van der Waals surface area contributed by atoms with Gasteiger partial charge < -0.3 is 10.4 Å². The molecule has 1 aromatic rings. The first kappa shape index (κ1) is 15.6. The summed E-state index contributed by atoms with van der Waals surface area (Å²) in [4.78, 5) is 22.8. The Morgan fingerprint density at radius 2 is 2.16 bits per heavy atom. The molecular weight excluding hydrogens is 262 g/mol. The molecule has 0 bridgehead atoms. The monoisotopic (exact) mass is 281 g/mol. The number of carbonyl (C=O) groups is 2. The Kier molecular flexibility index (Phi) is 6.42. The molecule has 0 saturated heterocycles. The van der Waals surface area contributed by atoms with E-state index in [1.54, 1.807) is 24.8 Å². The average Bonchev–Trinajstić information content (AvgIpc) is 2.39. The Morgan fingerprint density at radius 1 is 1.42 bits per heavy atom. The van der Waals surface area contributed by atoms with Crippen molar-refractivity contribution in [2.45, 2.75) is 19.1 Å². The lowest BCUT2D eigenvalue weighted by molar-refractivity contribution is -0.141. The van der Waals surface area contributed by atoms with Crippen LogP contribution in [0.1, 0.15) is 29.3 Å². The summed E-state index contributed by atoms with van der Waals surface area (Å²) in [5, 5.41) is 11.6. The molecule has 19 heavy (non-hydrogen) atoms. The number of rotatable bonds is 7. The SMILES string of the molecule is CCC(CNC(=O)c1cccc(CSC)c1)C(=O)O. The minimum atomic E-state index is -0.876. The van der Waals surface area contributed by atoms with E-state index in [1.165, 1.54) is 0 Å². The number of carbonyl (C=O) groups excluding carboxylic acids is 1. The quantitative estimate of drug-likeness (QED) is 0.805. The maximum absolute atomic E-state index is 11.9. The highest BCUT2D eigenvalue weighted by atomic mass is 32.2. The summed E-state index contributed by atoms with van der Waals surface area (Å²) in [5.41, 5.74) is 1.66. The van der Waals surface area contributed by atoms with Gasteiger partial charge in [0.2, 0.25) is 0 Å². The zero-order valence-electron chi connectivity index (χ0n) is 11.2. The molecule has 5 heteroatoms. The lowest BCUT2D eigenvalue weighted by Crippen LogP contribution is -2.32. The van der Waals surface area contributed by atoms with Gasteiger partial charge in [0.05, 0.1) is 5.92 Å². The van der Waals surface area contributed by atoms with Crippen molar-refractivity contribution in [3.05, 3.63) is 35.4 Å². The summed E-state index contributed by atoms with van der Waals surface area (Å²) in [6.45, 7) is 1.96. The van der Waals surface area contributed by atoms with E-state index in [1.807, 2.05) is 24.5 Å². The van der Waals surface area contributed by atoms with Gasteiger partial charge in [-0.3, -0.25) is 9.59 Å². The van der Waals surface area contributed by atoms with Crippen molar-refractivity contribution in [2.24, 2.45) is 5.92 Å². The van der Waals surface area contributed by atoms with Crippen molar-refractivity contribution in [1.29, 1.82) is 0 Å². The molecule has 0 aliphatic heterocycles. The standard InChI is InChI=1S/C14H19NO3S/c1-3-11(14(17)18)8-15-13(16)12-6-4-5-10(7-12)9-19-2/h4-7,11H,3,8-9H2,1-2H3,(H,15,16)(H,17,18). The number of carboxylic acids is 1. The molecule has 0 aliphatic carbocycles. The van der Waals surface area contributed by atoms with Crippen LogP contribution in [0.2, 0.25) is 0 Å². The smallest absolute Gasteiger partial charge is 0.308 e. The number of benzene rings is 1. The maximum atomic E-state index is 11.9. The van der Waals surface area contributed by atoms with Crippen molar-refractivity contribution < 1.29 is 14.7 Å². The van der Waals surface area contributed by atoms with Gasteiger partial charge in [-0.2, -0.15) is 11.8 Å². The van der Waals surface area contributed by atoms with Gasteiger partial charge in [-0.05, 0) is 30.4 Å². The number of hydrogen-bond acceptors (Lipinski definition) is 3. The third-order valence-electron chi connectivity index (χ3n) is 2.85. The highest BCUT2D eigenvalue weighted by Gasteiger charge is 2.16. The lowest BCUT2D eigenvalue weighted by Gasteiger charge is -2.11. The first-order valence-electron chi connectivity index (χ1n) is 6.17. The lowest BCUT2D eigenvalue weighted by atomic mass is 10.1. The van der Waals surface area contributed by atoms with Crippen molar-refractivity contribution in [2.75, 3.05) is 12.8 Å². The summed E-state index contributed by atoms with van der Waals surface area (Å²) in [6, 6.07) is 7.39. The molecule has 0 radical (unpaired) electrons. The van der Waals surface area contributed by atoms with E-state index in [4.69, 9.17) is 5.11 Å². The third-order valence-corrected chi connectivity index (χ3v) is 3.47. The third kappa shape index (κ3) is 4.95. The molecule has 1 atom stereocenters. The molecule has 0 fully saturated rings. The Balaban J connectivity index is 2.62. The molecule has 0 heterocycles. The number of amides is 1. The van der Waals surface area contributed by atoms with Gasteiger partial charge in [-0.1, -0.05) is 19.1 Å². The molecule has 4 nitrogen and oxygen atoms in total. The summed E-state index contributed by atoms with van der Waals surface area (Å²) in [5.74, 6) is -0.770. The molecule has 104 valence electrons. The Bertz CT molecular complexity index is 448. The van der Waals surface area contributed by atoms with E-state index in [0.29, 0.717) is 12.0 Å². The van der Waals surface area contributed by atoms with Crippen molar-refractivity contribution in [3.63, 3.8) is 0 Å². The zero-order valence-corrected chi connectivity index (χ0v) is 12.0. The molecule has 0 aromatic heterocycles. The van der Waals surface area contributed by atoms with Gasteiger partial charge in [-0.15, -0.1) is 0 Å². The average molecular weight is 281 g/mol. The predicted molar refractivity (Wildman–Crippen MR) is 77.4 cm³/mol. The van der Waals surface area contributed by atoms with Gasteiger partial charge in [0.15, 0.2) is 0 Å². The van der Waals surface area contributed by atoms with Crippen LogP contribution in [0.3, 0.4) is 0 Å². The summed E-state index contributed by atoms with van der Waals surface area (Å²) < 4.78 is 0. The van der Waals surface area contributed by atoms with Crippen LogP contribution < -0.4 is 5.32 Å². The van der Waals surface area contributed by atoms with E-state index in [-0.39, 0.29) is 12.5 Å². The Hall–Kier alpha value is -1.49. The van der Waals surface area contributed by atoms with Gasteiger partial charge >= 0.3 is 5.97 Å². The number of carboxylic acid groups (broad SMARTS) is 1. The van der Waals surface area contributed by atoms with Crippen LogP contribution in [0.5, 0.6) is 0 Å². The fourth-order valence-corrected chi connectivity index (χ4v) is 2.21. The van der Waals surface area contributed by atoms with E-state index >= 15 is 0 Å². The first-order valence-corrected chi connectivity index (χ1v) is 7.56. The van der Waals surface area contributed by atoms with Crippen molar-refractivity contribution in [1.82, 2.24) is 5.32 Å². The fraction of sp³-hybridized carbons (Fsp3) is 0.429. The predicted octanol–water partition coefficient (Wildman–Crippen LogP) is 2.39. The molecule has 2 N–H and O–H groups in total. The summed E-state index contributed by atoms with van der Waals surface area (Å²) >= 11 is 1.69. The van der Waals surface area contributed by atoms with Crippen molar-refractivity contribution in [3.8, 4) is 0 Å². The van der Waals surface area contributed by atoms with Crippen LogP contribution in [0.4, 0.5) is 0 Å². The van der Waals surface area contributed by atoms with Gasteiger partial charge in [0.1, 0.15) is 0 Å². The second kappa shape index (κ2) is 7.84. The molecule has 1 aromatic carbocycles. The van der Waals surface area contributed by atoms with Crippen LogP contribution in [0, 0.1) is 5.92 Å². The second-order valence-corrected chi connectivity index (χ2v) is 5.15. The van der Waals surface area contributed by atoms with Gasteiger partial charge in [-0.25, -0.2) is 0 Å². The molecule has 0 spiro atoms. The van der Waals surface area contributed by atoms with E-state index in [9.17, 15) is 9.59 Å². The number of nitrogens with one attached hydrogen (secondary N) is 1. The largest absolute Gasteiger partial charge is 0.481 e. The van der Waals surface area contributed by atoms with E-state index in [2.05, 4.69) is 5.32 Å². The van der Waals surface area contributed by atoms with Crippen LogP contribution in [0.15, 0.2) is 24.3 Å². The fourth-order valence-electron chi connectivity index (χ4n) is 1.69. The minimum Gasteiger partial charge on any atom is -0.481 e. The van der Waals surface area contributed by atoms with Crippen LogP contribution in [-0.2, 0) is 10.5 Å².